The Bertz CT molecular complexity index is 4000. The molecule has 0 saturated heterocycles. The first-order valence-corrected chi connectivity index (χ1v) is 27.0. The number of aromatic nitrogens is 1. The first-order chi connectivity index (χ1) is 34.4. The summed E-state index contributed by atoms with van der Waals surface area (Å²) < 4.78 is 9.73. The van der Waals surface area contributed by atoms with E-state index in [4.69, 9.17) is 4.42 Å². The molecule has 2 aliphatic heterocycles. The van der Waals surface area contributed by atoms with Crippen molar-refractivity contribution >= 4 is 83.7 Å². The Morgan fingerprint density at radius 1 is 0.529 bits per heavy atom. The van der Waals surface area contributed by atoms with Crippen LogP contribution in [0.25, 0.3) is 82.5 Å². The van der Waals surface area contributed by atoms with Gasteiger partial charge < -0.3 is 13.8 Å². The van der Waals surface area contributed by atoms with Gasteiger partial charge in [-0.15, -0.1) is 0 Å². The van der Waals surface area contributed by atoms with Crippen molar-refractivity contribution in [3.63, 3.8) is 0 Å². The lowest BCUT2D eigenvalue weighted by Gasteiger charge is -2.91. The van der Waals surface area contributed by atoms with Gasteiger partial charge in [0.15, 0.2) is 0 Å². The summed E-state index contributed by atoms with van der Waals surface area (Å²) in [6.45, 7) is 2.31. The van der Waals surface area contributed by atoms with Crippen molar-refractivity contribution in [2.24, 2.45) is 40.9 Å². The van der Waals surface area contributed by atoms with Crippen molar-refractivity contribution in [2.45, 2.75) is 82.0 Å². The highest BCUT2D eigenvalue weighted by Crippen LogP contribution is 2.92. The SMILES string of the molecule is Cc1cc2c3c(c1)-n1c4ccc(C56CC7CC(CC(C7)C5)C6)cc4c4cc(C56CC7CC8CC(C5)C876)cc(c41)B3N(c1ccc(-c3ccccc3)cc1)c1cc3oc4cc5ccccc5cc4c3cc1-2. The van der Waals surface area contributed by atoms with Gasteiger partial charge in [-0.25, -0.2) is 0 Å². The maximum Gasteiger partial charge on any atom is 0.333 e. The summed E-state index contributed by atoms with van der Waals surface area (Å²) in [5, 5.41) is 7.82. The predicted molar refractivity (Wildman–Crippen MR) is 288 cm³/mol. The van der Waals surface area contributed by atoms with E-state index in [2.05, 4.69) is 162 Å². The molecular formula is C66H53BN2O. The maximum absolute atomic E-state index is 6.97. The molecule has 8 fully saturated rings. The van der Waals surface area contributed by atoms with Gasteiger partial charge in [-0.3, -0.25) is 0 Å². The van der Waals surface area contributed by atoms with Crippen LogP contribution in [0, 0.1) is 47.8 Å². The van der Waals surface area contributed by atoms with Crippen LogP contribution < -0.4 is 15.7 Å². The Morgan fingerprint density at radius 2 is 1.21 bits per heavy atom. The Labute approximate surface area is 408 Å². The number of rotatable bonds is 4. The monoisotopic (exact) mass is 900 g/mol. The minimum Gasteiger partial charge on any atom is -0.456 e. The molecule has 10 aliphatic rings. The molecule has 4 heteroatoms. The third-order valence-electron chi connectivity index (χ3n) is 21.9. The van der Waals surface area contributed by atoms with Gasteiger partial charge in [0, 0.05) is 55.7 Å². The maximum atomic E-state index is 6.97. The standard InChI is InChI=1S/C66H53BN2O/c1-36-17-54-51-29-53-52-22-42-9-5-6-10-43(42)23-60(52)70-61(53)30-58(51)69(49-14-11-41(12-15-49)40-7-3-2-4-8-40)67-56-28-45(65-34-47-24-46-25-48(35-65)66(46,47)65)27-55-50-26-44(64-31-37-19-38(32-64)21-39(20-37)33-64)13-16-57(50)68(63(55)56)59(18-36)62(54)67/h2-18,22-23,26-30,37-39,46-48H,19-21,24-25,31-35H2,1H3. The van der Waals surface area contributed by atoms with Gasteiger partial charge in [0.1, 0.15) is 11.2 Å². The molecular weight excluding hydrogens is 848 g/mol. The van der Waals surface area contributed by atoms with E-state index >= 15 is 0 Å². The highest BCUT2D eigenvalue weighted by molar-refractivity contribution is 6.93. The second-order valence-corrected chi connectivity index (χ2v) is 24.8. The van der Waals surface area contributed by atoms with Gasteiger partial charge in [0.2, 0.25) is 0 Å². The molecule has 0 amide bonds. The Hall–Kier alpha value is -6.52. The van der Waals surface area contributed by atoms with Gasteiger partial charge in [0.25, 0.3) is 0 Å². The fraction of sp³-hybridized carbons (Fsp3) is 0.303. The molecule has 10 aromatic rings. The van der Waals surface area contributed by atoms with Crippen LogP contribution in [0.4, 0.5) is 11.4 Å². The molecule has 8 saturated carbocycles. The summed E-state index contributed by atoms with van der Waals surface area (Å²) in [5.74, 6) is 5.59. The van der Waals surface area contributed by atoms with Crippen LogP contribution in [-0.4, -0.2) is 11.4 Å². The summed E-state index contributed by atoms with van der Waals surface area (Å²) >= 11 is 0. The zero-order valence-electron chi connectivity index (χ0n) is 39.8. The number of fused-ring (bicyclic) bond motifs is 11. The molecule has 1 spiro atoms. The van der Waals surface area contributed by atoms with Crippen LogP contribution in [0.5, 0.6) is 0 Å². The first kappa shape index (κ1) is 37.3. The van der Waals surface area contributed by atoms with Crippen LogP contribution in [0.2, 0.25) is 0 Å². The quantitative estimate of drug-likeness (QED) is 0.164. The number of hydrogen-bond acceptors (Lipinski definition) is 2. The second-order valence-electron chi connectivity index (χ2n) is 24.8. The molecule has 70 heavy (non-hydrogen) atoms. The largest absolute Gasteiger partial charge is 0.456 e. The molecule has 0 N–H and O–H groups in total. The van der Waals surface area contributed by atoms with Crippen molar-refractivity contribution in [1.82, 2.24) is 4.57 Å². The molecule has 4 bridgehead atoms. The topological polar surface area (TPSA) is 21.3 Å². The summed E-state index contributed by atoms with van der Waals surface area (Å²) in [6, 6.07) is 57.2. The number of benzene rings is 8. The molecule has 0 radical (unpaired) electrons. The van der Waals surface area contributed by atoms with Crippen LogP contribution in [0.1, 0.15) is 80.9 Å². The van der Waals surface area contributed by atoms with Crippen molar-refractivity contribution in [3.05, 3.63) is 162 Å². The van der Waals surface area contributed by atoms with E-state index in [-0.39, 0.29) is 6.85 Å². The number of nitrogens with zero attached hydrogens (tertiary/aromatic N) is 2. The summed E-state index contributed by atoms with van der Waals surface area (Å²) in [4.78, 5) is 2.74. The van der Waals surface area contributed by atoms with E-state index < -0.39 is 0 Å². The molecule has 20 rings (SSSR count). The molecule has 2 unspecified atom stereocenters. The number of aryl methyl sites for hydroxylation is 1. The van der Waals surface area contributed by atoms with Gasteiger partial charge in [-0.05, 0) is 227 Å². The lowest BCUT2D eigenvalue weighted by Crippen LogP contribution is -2.87. The van der Waals surface area contributed by atoms with Crippen LogP contribution in [0.3, 0.4) is 0 Å². The molecule has 2 atom stereocenters. The minimum atomic E-state index is -0.0220. The van der Waals surface area contributed by atoms with Crippen LogP contribution in [0.15, 0.2) is 150 Å². The van der Waals surface area contributed by atoms with E-state index in [1.165, 1.54) is 163 Å². The first-order valence-electron chi connectivity index (χ1n) is 27.0. The average Bonchev–Trinajstić information content (AvgIpc) is 3.94. The third kappa shape index (κ3) is 4.20. The highest BCUT2D eigenvalue weighted by Gasteiger charge is 2.87. The van der Waals surface area contributed by atoms with E-state index in [1.54, 1.807) is 11.1 Å². The van der Waals surface area contributed by atoms with Crippen molar-refractivity contribution in [3.8, 4) is 27.9 Å². The zero-order chi connectivity index (χ0) is 45.1. The van der Waals surface area contributed by atoms with Crippen molar-refractivity contribution < 1.29 is 4.42 Å². The minimum absolute atomic E-state index is 0.0220. The fourth-order valence-electron chi connectivity index (χ4n) is 19.8. The molecule has 2 aromatic heterocycles. The van der Waals surface area contributed by atoms with Crippen LogP contribution >= 0.6 is 0 Å². The zero-order valence-corrected chi connectivity index (χ0v) is 39.8. The summed E-state index contributed by atoms with van der Waals surface area (Å²) in [7, 11) is 0. The second kappa shape index (κ2) is 12.1. The number of hydrogen-bond donors (Lipinski definition) is 0. The molecule has 4 heterocycles. The molecule has 8 aromatic carbocycles. The Balaban J connectivity index is 0.909. The summed E-state index contributed by atoms with van der Waals surface area (Å²) in [6.07, 6.45) is 14.4. The highest BCUT2D eigenvalue weighted by atomic mass is 16.3. The van der Waals surface area contributed by atoms with Gasteiger partial charge in [-0.1, -0.05) is 84.9 Å². The molecule has 336 valence electrons. The Kier molecular flexibility index (Phi) is 6.47. The lowest BCUT2D eigenvalue weighted by atomic mass is 9.12. The summed E-state index contributed by atoms with van der Waals surface area (Å²) in [5.41, 5.74) is 22.5. The normalized spacial score (nSPS) is 30.8. The number of anilines is 2. The van der Waals surface area contributed by atoms with Gasteiger partial charge in [-0.2, -0.15) is 0 Å². The smallest absolute Gasteiger partial charge is 0.333 e. The molecule has 8 aliphatic carbocycles. The van der Waals surface area contributed by atoms with E-state index in [0.29, 0.717) is 16.2 Å². The molecule has 3 nitrogen and oxygen atoms in total. The van der Waals surface area contributed by atoms with Crippen LogP contribution in [-0.2, 0) is 10.8 Å². The van der Waals surface area contributed by atoms with Crippen molar-refractivity contribution in [2.75, 3.05) is 4.81 Å². The van der Waals surface area contributed by atoms with Gasteiger partial charge >= 0.3 is 6.85 Å². The van der Waals surface area contributed by atoms with Gasteiger partial charge in [0.05, 0.1) is 11.0 Å². The van der Waals surface area contributed by atoms with E-state index in [1.807, 2.05) is 0 Å². The van der Waals surface area contributed by atoms with E-state index in [9.17, 15) is 0 Å². The Morgan fingerprint density at radius 3 is 1.96 bits per heavy atom. The lowest BCUT2D eigenvalue weighted by molar-refractivity contribution is -0.395. The third-order valence-corrected chi connectivity index (χ3v) is 21.9. The number of furan rings is 1. The average molecular weight is 901 g/mol. The fourth-order valence-corrected chi connectivity index (χ4v) is 19.8. The predicted octanol–water partition coefficient (Wildman–Crippen LogP) is 15.2. The van der Waals surface area contributed by atoms with Crippen molar-refractivity contribution in [1.29, 1.82) is 0 Å². The van der Waals surface area contributed by atoms with E-state index in [0.717, 1.165) is 46.7 Å².